The first-order valence-corrected chi connectivity index (χ1v) is 7.03. The summed E-state index contributed by atoms with van der Waals surface area (Å²) in [5, 5.41) is 12.8. The molecule has 0 aliphatic rings. The predicted octanol–water partition coefficient (Wildman–Crippen LogP) is 3.44. The fourth-order valence-electron chi connectivity index (χ4n) is 1.33. The van der Waals surface area contributed by atoms with Crippen LogP contribution in [0.25, 0.3) is 0 Å². The third-order valence-corrected chi connectivity index (χ3v) is 4.20. The smallest absolute Gasteiger partial charge is 0.0992 e. The molecule has 0 heterocycles. The second-order valence-corrected chi connectivity index (χ2v) is 6.41. The van der Waals surface area contributed by atoms with Gasteiger partial charge in [0, 0.05) is 22.9 Å². The van der Waals surface area contributed by atoms with Gasteiger partial charge in [0.15, 0.2) is 0 Å². The maximum atomic E-state index is 8.74. The van der Waals surface area contributed by atoms with E-state index in [1.54, 1.807) is 12.1 Å². The summed E-state index contributed by atoms with van der Waals surface area (Å²) in [5.41, 5.74) is 1.63. The van der Waals surface area contributed by atoms with Gasteiger partial charge in [-0.2, -0.15) is 17.0 Å². The third-order valence-electron chi connectivity index (χ3n) is 2.60. The van der Waals surface area contributed by atoms with Crippen LogP contribution in [0.15, 0.2) is 18.2 Å². The molecule has 0 saturated carbocycles. The lowest BCUT2D eigenvalue weighted by atomic mass is 10.1. The molecule has 17 heavy (non-hydrogen) atoms. The summed E-state index contributed by atoms with van der Waals surface area (Å²) in [6.07, 6.45) is 2.11. The molecule has 0 atom stereocenters. The molecule has 2 nitrogen and oxygen atoms in total. The van der Waals surface area contributed by atoms with Crippen molar-refractivity contribution in [3.8, 4) is 6.07 Å². The molecule has 0 aliphatic heterocycles. The molecule has 1 aromatic rings. The van der Waals surface area contributed by atoms with Crippen LogP contribution in [0.1, 0.15) is 25.0 Å². The van der Waals surface area contributed by atoms with Gasteiger partial charge in [-0.05, 0) is 37.8 Å². The number of nitrogens with one attached hydrogen (secondary N) is 1. The fourth-order valence-corrected chi connectivity index (χ4v) is 1.82. The summed E-state index contributed by atoms with van der Waals surface area (Å²) in [7, 11) is 0. The molecular formula is C13H17ClN2S. The van der Waals surface area contributed by atoms with Gasteiger partial charge < -0.3 is 5.32 Å². The van der Waals surface area contributed by atoms with Gasteiger partial charge >= 0.3 is 0 Å². The summed E-state index contributed by atoms with van der Waals surface area (Å²) in [6, 6.07) is 7.48. The summed E-state index contributed by atoms with van der Waals surface area (Å²) in [6.45, 7) is 6.05. The first kappa shape index (κ1) is 14.4. The molecule has 0 amide bonds. The van der Waals surface area contributed by atoms with E-state index in [9.17, 15) is 0 Å². The number of benzene rings is 1. The summed E-state index contributed by atoms with van der Waals surface area (Å²) in [5.74, 6) is 0. The Labute approximate surface area is 112 Å². The third kappa shape index (κ3) is 4.59. The number of rotatable bonds is 5. The number of halogens is 1. The number of thioether (sulfide) groups is 1. The zero-order chi connectivity index (χ0) is 12.9. The Morgan fingerprint density at radius 1 is 1.47 bits per heavy atom. The largest absolute Gasteiger partial charge is 0.311 e. The van der Waals surface area contributed by atoms with E-state index < -0.39 is 0 Å². The molecule has 1 aromatic carbocycles. The molecule has 1 N–H and O–H groups in total. The zero-order valence-electron chi connectivity index (χ0n) is 10.4. The number of hydrogen-bond acceptors (Lipinski definition) is 3. The standard InChI is InChI=1S/C13H17ClN2S/c1-13(2,17-3)9-16-8-11-5-4-10(7-15)6-12(11)14/h4-6,16H,8-9H2,1-3H3. The van der Waals surface area contributed by atoms with Crippen LogP contribution in [0.4, 0.5) is 0 Å². The molecular weight excluding hydrogens is 252 g/mol. The Bertz CT molecular complexity index is 424. The van der Waals surface area contributed by atoms with E-state index in [1.807, 2.05) is 17.8 Å². The van der Waals surface area contributed by atoms with Crippen molar-refractivity contribution < 1.29 is 0 Å². The Balaban J connectivity index is 2.56. The van der Waals surface area contributed by atoms with Gasteiger partial charge in [0.05, 0.1) is 11.6 Å². The van der Waals surface area contributed by atoms with E-state index in [0.717, 1.165) is 18.7 Å². The molecule has 4 heteroatoms. The SMILES string of the molecule is CSC(C)(C)CNCc1ccc(C#N)cc1Cl. The Hall–Kier alpha value is -0.690. The van der Waals surface area contributed by atoms with E-state index >= 15 is 0 Å². The van der Waals surface area contributed by atoms with Gasteiger partial charge in [0.2, 0.25) is 0 Å². The molecule has 0 radical (unpaired) electrons. The van der Waals surface area contributed by atoms with Crippen LogP contribution in [0, 0.1) is 11.3 Å². The molecule has 0 spiro atoms. The minimum atomic E-state index is 0.221. The molecule has 92 valence electrons. The molecule has 1 rings (SSSR count). The van der Waals surface area contributed by atoms with Crippen molar-refractivity contribution in [3.05, 3.63) is 34.3 Å². The first-order valence-electron chi connectivity index (χ1n) is 5.43. The van der Waals surface area contributed by atoms with Crippen molar-refractivity contribution in [2.45, 2.75) is 25.1 Å². The van der Waals surface area contributed by atoms with Crippen molar-refractivity contribution in [2.75, 3.05) is 12.8 Å². The summed E-state index contributed by atoms with van der Waals surface area (Å²) >= 11 is 7.93. The van der Waals surface area contributed by atoms with Crippen molar-refractivity contribution >= 4 is 23.4 Å². The number of nitriles is 1. The molecule has 0 fully saturated rings. The van der Waals surface area contributed by atoms with Crippen LogP contribution >= 0.6 is 23.4 Å². The van der Waals surface area contributed by atoms with E-state index in [-0.39, 0.29) is 4.75 Å². The molecule has 0 aliphatic carbocycles. The Kier molecular flexibility index (Phi) is 5.32. The average Bonchev–Trinajstić information content (AvgIpc) is 2.31. The van der Waals surface area contributed by atoms with Crippen molar-refractivity contribution in [1.29, 1.82) is 5.26 Å². The van der Waals surface area contributed by atoms with E-state index in [1.165, 1.54) is 0 Å². The van der Waals surface area contributed by atoms with Crippen LogP contribution < -0.4 is 5.32 Å². The maximum absolute atomic E-state index is 8.74. The molecule has 0 unspecified atom stereocenters. The Morgan fingerprint density at radius 3 is 2.71 bits per heavy atom. The number of nitrogens with zero attached hydrogens (tertiary/aromatic N) is 1. The highest BCUT2D eigenvalue weighted by molar-refractivity contribution is 7.99. The molecule has 0 aromatic heterocycles. The fraction of sp³-hybridized carbons (Fsp3) is 0.462. The highest BCUT2D eigenvalue weighted by atomic mass is 35.5. The van der Waals surface area contributed by atoms with Crippen LogP contribution in [0.5, 0.6) is 0 Å². The quantitative estimate of drug-likeness (QED) is 0.889. The predicted molar refractivity (Wildman–Crippen MR) is 75.5 cm³/mol. The summed E-state index contributed by atoms with van der Waals surface area (Å²) in [4.78, 5) is 0. The molecule has 0 bridgehead atoms. The normalized spacial score (nSPS) is 11.2. The van der Waals surface area contributed by atoms with Gasteiger partial charge in [-0.15, -0.1) is 0 Å². The maximum Gasteiger partial charge on any atom is 0.0992 e. The van der Waals surface area contributed by atoms with Crippen molar-refractivity contribution in [3.63, 3.8) is 0 Å². The van der Waals surface area contributed by atoms with Crippen LogP contribution in [-0.2, 0) is 6.54 Å². The zero-order valence-corrected chi connectivity index (χ0v) is 12.0. The van der Waals surface area contributed by atoms with Crippen LogP contribution in [0.3, 0.4) is 0 Å². The second-order valence-electron chi connectivity index (χ2n) is 4.49. The monoisotopic (exact) mass is 268 g/mol. The lowest BCUT2D eigenvalue weighted by Crippen LogP contribution is -2.31. The average molecular weight is 269 g/mol. The minimum absolute atomic E-state index is 0.221. The highest BCUT2D eigenvalue weighted by Crippen LogP contribution is 2.21. The van der Waals surface area contributed by atoms with Gasteiger partial charge in [-0.3, -0.25) is 0 Å². The van der Waals surface area contributed by atoms with Gasteiger partial charge in [0.25, 0.3) is 0 Å². The van der Waals surface area contributed by atoms with E-state index in [4.69, 9.17) is 16.9 Å². The second kappa shape index (κ2) is 6.30. The minimum Gasteiger partial charge on any atom is -0.311 e. The topological polar surface area (TPSA) is 35.8 Å². The van der Waals surface area contributed by atoms with Gasteiger partial charge in [-0.25, -0.2) is 0 Å². The van der Waals surface area contributed by atoms with Crippen LogP contribution in [-0.4, -0.2) is 17.5 Å². The van der Waals surface area contributed by atoms with Crippen molar-refractivity contribution in [2.24, 2.45) is 0 Å². The lowest BCUT2D eigenvalue weighted by Gasteiger charge is -2.22. The van der Waals surface area contributed by atoms with E-state index in [0.29, 0.717) is 10.6 Å². The van der Waals surface area contributed by atoms with Crippen molar-refractivity contribution in [1.82, 2.24) is 5.32 Å². The van der Waals surface area contributed by atoms with Crippen LogP contribution in [0.2, 0.25) is 5.02 Å². The highest BCUT2D eigenvalue weighted by Gasteiger charge is 2.15. The summed E-state index contributed by atoms with van der Waals surface area (Å²) < 4.78 is 0.221. The van der Waals surface area contributed by atoms with Gasteiger partial charge in [0.1, 0.15) is 0 Å². The van der Waals surface area contributed by atoms with E-state index in [2.05, 4.69) is 31.5 Å². The molecule has 0 saturated heterocycles. The van der Waals surface area contributed by atoms with Gasteiger partial charge in [-0.1, -0.05) is 17.7 Å². The Morgan fingerprint density at radius 2 is 2.18 bits per heavy atom. The lowest BCUT2D eigenvalue weighted by molar-refractivity contribution is 0.591. The number of hydrogen-bond donors (Lipinski definition) is 1. The first-order chi connectivity index (χ1) is 7.98.